The lowest BCUT2D eigenvalue weighted by Gasteiger charge is -2.16. The fourth-order valence-electron chi connectivity index (χ4n) is 2.25. The Balaban J connectivity index is 2.73. The number of hydrogen-bond donors (Lipinski definition) is 3. The van der Waals surface area contributed by atoms with Gasteiger partial charge in [-0.25, -0.2) is 0 Å². The Labute approximate surface area is 124 Å². The molecule has 0 fully saturated rings. The summed E-state index contributed by atoms with van der Waals surface area (Å²) in [4.78, 5) is 22.2. The van der Waals surface area contributed by atoms with E-state index in [1.807, 2.05) is 0 Å². The summed E-state index contributed by atoms with van der Waals surface area (Å²) in [6.07, 6.45) is 0. The van der Waals surface area contributed by atoms with Gasteiger partial charge in [0.05, 0.1) is 17.2 Å². The molecule has 2 rings (SSSR count). The first-order valence-electron chi connectivity index (χ1n) is 6.39. The van der Waals surface area contributed by atoms with Crippen LogP contribution in [0.3, 0.4) is 0 Å². The lowest BCUT2D eigenvalue weighted by molar-refractivity contribution is -0.384. The molecule has 0 aliphatic heterocycles. The Hall–Kier alpha value is -2.87. The molecule has 0 radical (unpaired) electrons. The van der Waals surface area contributed by atoms with Crippen molar-refractivity contribution in [2.24, 2.45) is 0 Å². The molecule has 0 aliphatic rings. The van der Waals surface area contributed by atoms with E-state index in [-0.39, 0.29) is 30.1 Å². The summed E-state index contributed by atoms with van der Waals surface area (Å²) in [5.41, 5.74) is 0.0126. The zero-order valence-electron chi connectivity index (χ0n) is 11.7. The van der Waals surface area contributed by atoms with Gasteiger partial charge in [0.2, 0.25) is 5.75 Å². The largest absolute Gasteiger partial charge is 0.504 e. The van der Waals surface area contributed by atoms with Crippen LogP contribution in [0.2, 0.25) is 0 Å². The minimum absolute atomic E-state index is 0.0835. The summed E-state index contributed by atoms with van der Waals surface area (Å²) in [6, 6.07) is 5.41. The highest BCUT2D eigenvalue weighted by Gasteiger charge is 2.19. The summed E-state index contributed by atoms with van der Waals surface area (Å²) in [6.45, 7) is 1.07. The molecule has 0 aliphatic carbocycles. The molecule has 0 atom stereocenters. The van der Waals surface area contributed by atoms with E-state index < -0.39 is 22.0 Å². The minimum Gasteiger partial charge on any atom is -0.504 e. The quantitative estimate of drug-likeness (QED) is 0.574. The molecule has 0 amide bonds. The summed E-state index contributed by atoms with van der Waals surface area (Å²) >= 11 is 0. The topological polar surface area (TPSA) is 126 Å². The fourth-order valence-corrected chi connectivity index (χ4v) is 2.25. The monoisotopic (exact) mass is 306 g/mol. The van der Waals surface area contributed by atoms with Crippen LogP contribution >= 0.6 is 0 Å². The number of rotatable bonds is 4. The number of benzene rings is 1. The molecule has 1 heterocycles. The number of aliphatic hydroxyl groups excluding tert-OH is 1. The van der Waals surface area contributed by atoms with E-state index in [1.165, 1.54) is 31.2 Å². The average Bonchev–Trinajstić information content (AvgIpc) is 2.51. The summed E-state index contributed by atoms with van der Waals surface area (Å²) < 4.78 is 1.12. The lowest BCUT2D eigenvalue weighted by atomic mass is 10.0. The Morgan fingerprint density at radius 1 is 1.18 bits per heavy atom. The Kier molecular flexibility index (Phi) is 4.13. The van der Waals surface area contributed by atoms with Gasteiger partial charge in [-0.3, -0.25) is 14.9 Å². The van der Waals surface area contributed by atoms with Gasteiger partial charge in [-0.05, 0) is 24.6 Å². The van der Waals surface area contributed by atoms with Crippen LogP contribution in [0.1, 0.15) is 5.56 Å². The maximum absolute atomic E-state index is 12.0. The Morgan fingerprint density at radius 3 is 2.27 bits per heavy atom. The second kappa shape index (κ2) is 5.86. The number of nitrogens with zero attached hydrogens (tertiary/aromatic N) is 2. The van der Waals surface area contributed by atoms with Gasteiger partial charge in [-0.15, -0.1) is 0 Å². The molecular formula is C14H14N2O6. The number of aromatic nitrogens is 1. The fraction of sp³-hybridized carbons (Fsp3) is 0.214. The first-order valence-corrected chi connectivity index (χ1v) is 6.39. The van der Waals surface area contributed by atoms with Crippen LogP contribution in [-0.4, -0.2) is 31.4 Å². The van der Waals surface area contributed by atoms with Gasteiger partial charge in [0, 0.05) is 24.2 Å². The van der Waals surface area contributed by atoms with Gasteiger partial charge in [-0.1, -0.05) is 0 Å². The van der Waals surface area contributed by atoms with Crippen LogP contribution in [0.25, 0.3) is 11.3 Å². The predicted octanol–water partition coefficient (Wildman–Crippen LogP) is 1.14. The van der Waals surface area contributed by atoms with Crippen molar-refractivity contribution >= 4 is 5.69 Å². The third kappa shape index (κ3) is 2.51. The van der Waals surface area contributed by atoms with Crippen molar-refractivity contribution < 1.29 is 20.2 Å². The molecule has 0 saturated carbocycles. The molecule has 8 heteroatoms. The van der Waals surface area contributed by atoms with Crippen molar-refractivity contribution in [3.05, 3.63) is 50.3 Å². The molecule has 8 nitrogen and oxygen atoms in total. The Morgan fingerprint density at radius 2 is 1.77 bits per heavy atom. The number of aromatic hydroxyl groups is 2. The smallest absolute Gasteiger partial charge is 0.297 e. The van der Waals surface area contributed by atoms with Gasteiger partial charge >= 0.3 is 0 Å². The van der Waals surface area contributed by atoms with Crippen LogP contribution in [0.15, 0.2) is 29.1 Å². The first-order chi connectivity index (χ1) is 10.4. The molecule has 1 aromatic heterocycles. The molecule has 3 N–H and O–H groups in total. The van der Waals surface area contributed by atoms with Gasteiger partial charge in [0.15, 0.2) is 5.75 Å². The van der Waals surface area contributed by atoms with E-state index in [4.69, 9.17) is 5.11 Å². The van der Waals surface area contributed by atoms with E-state index in [2.05, 4.69) is 0 Å². The maximum atomic E-state index is 12.0. The molecule has 0 saturated heterocycles. The summed E-state index contributed by atoms with van der Waals surface area (Å²) in [5.74, 6) is -1.34. The third-order valence-corrected chi connectivity index (χ3v) is 3.33. The zero-order chi connectivity index (χ0) is 16.4. The first kappa shape index (κ1) is 15.5. The molecule has 116 valence electrons. The van der Waals surface area contributed by atoms with Crippen molar-refractivity contribution in [3.63, 3.8) is 0 Å². The second-order valence-electron chi connectivity index (χ2n) is 4.66. The zero-order valence-corrected chi connectivity index (χ0v) is 11.7. The van der Waals surface area contributed by atoms with E-state index >= 15 is 0 Å². The van der Waals surface area contributed by atoms with E-state index in [1.54, 1.807) is 0 Å². The Bertz CT molecular complexity index is 779. The highest BCUT2D eigenvalue weighted by molar-refractivity contribution is 5.69. The van der Waals surface area contributed by atoms with Crippen molar-refractivity contribution in [2.45, 2.75) is 13.5 Å². The average molecular weight is 306 g/mol. The molecular weight excluding hydrogens is 292 g/mol. The SMILES string of the molecule is Cc1c(O)c(O)c(=O)n(CCO)c1-c1ccc([N+](=O)[O-])cc1. The number of nitro benzene ring substituents is 1. The van der Waals surface area contributed by atoms with Crippen LogP contribution in [0.4, 0.5) is 5.69 Å². The van der Waals surface area contributed by atoms with Crippen molar-refractivity contribution in [1.82, 2.24) is 4.57 Å². The predicted molar refractivity (Wildman–Crippen MR) is 77.9 cm³/mol. The molecule has 2 aromatic rings. The van der Waals surface area contributed by atoms with Crippen LogP contribution in [0.5, 0.6) is 11.5 Å². The number of non-ortho nitro benzene ring substituents is 1. The van der Waals surface area contributed by atoms with E-state index in [0.717, 1.165) is 4.57 Å². The summed E-state index contributed by atoms with van der Waals surface area (Å²) in [5, 5.41) is 39.2. The van der Waals surface area contributed by atoms with Crippen molar-refractivity contribution in [3.8, 4) is 22.8 Å². The normalized spacial score (nSPS) is 10.6. The minimum atomic E-state index is -0.842. The number of hydrogen-bond acceptors (Lipinski definition) is 6. The third-order valence-electron chi connectivity index (χ3n) is 3.33. The highest BCUT2D eigenvalue weighted by atomic mass is 16.6. The van der Waals surface area contributed by atoms with Gasteiger partial charge in [0.25, 0.3) is 11.2 Å². The van der Waals surface area contributed by atoms with Gasteiger partial charge in [0.1, 0.15) is 0 Å². The standard InChI is InChI=1S/C14H14N2O6/c1-8-11(9-2-4-10(5-3-9)16(21)22)15(6-7-17)14(20)13(19)12(8)18/h2-5,17-19H,6-7H2,1H3. The summed E-state index contributed by atoms with van der Waals surface area (Å²) in [7, 11) is 0. The molecule has 0 unspecified atom stereocenters. The second-order valence-corrected chi connectivity index (χ2v) is 4.66. The highest BCUT2D eigenvalue weighted by Crippen LogP contribution is 2.33. The van der Waals surface area contributed by atoms with Gasteiger partial charge < -0.3 is 19.9 Å². The van der Waals surface area contributed by atoms with Crippen LogP contribution < -0.4 is 5.56 Å². The number of aliphatic hydroxyl groups is 1. The van der Waals surface area contributed by atoms with Crippen molar-refractivity contribution in [2.75, 3.05) is 6.61 Å². The van der Waals surface area contributed by atoms with Gasteiger partial charge in [-0.2, -0.15) is 0 Å². The molecule has 22 heavy (non-hydrogen) atoms. The lowest BCUT2D eigenvalue weighted by Crippen LogP contribution is -2.24. The van der Waals surface area contributed by atoms with Crippen molar-refractivity contribution in [1.29, 1.82) is 0 Å². The van der Waals surface area contributed by atoms with Crippen LogP contribution in [-0.2, 0) is 6.54 Å². The van der Waals surface area contributed by atoms with E-state index in [9.17, 15) is 25.1 Å². The number of nitro groups is 1. The van der Waals surface area contributed by atoms with E-state index in [0.29, 0.717) is 5.56 Å². The number of pyridine rings is 1. The van der Waals surface area contributed by atoms with Crippen LogP contribution in [0, 0.1) is 17.0 Å². The molecule has 0 spiro atoms. The molecule has 1 aromatic carbocycles. The molecule has 0 bridgehead atoms. The maximum Gasteiger partial charge on any atom is 0.297 e.